The van der Waals surface area contributed by atoms with E-state index in [0.29, 0.717) is 18.5 Å². The van der Waals surface area contributed by atoms with Crippen LogP contribution in [0.3, 0.4) is 0 Å². The average molecular weight is 276 g/mol. The normalized spacial score (nSPS) is 17.6. The fourth-order valence-corrected chi connectivity index (χ4v) is 2.55. The zero-order valence-corrected chi connectivity index (χ0v) is 11.4. The van der Waals surface area contributed by atoms with Crippen LogP contribution < -0.4 is 11.1 Å². The third-order valence-corrected chi connectivity index (χ3v) is 3.65. The van der Waals surface area contributed by atoms with Gasteiger partial charge in [-0.2, -0.15) is 4.98 Å². The molecule has 1 aliphatic heterocycles. The van der Waals surface area contributed by atoms with Gasteiger partial charge in [0.15, 0.2) is 0 Å². The molecule has 20 heavy (non-hydrogen) atoms. The molecule has 108 valence electrons. The molecule has 3 heterocycles. The van der Waals surface area contributed by atoms with E-state index in [4.69, 9.17) is 10.2 Å². The lowest BCUT2D eigenvalue weighted by molar-refractivity contribution is 0.178. The van der Waals surface area contributed by atoms with Gasteiger partial charge in [0.1, 0.15) is 11.6 Å². The molecule has 0 amide bonds. The predicted molar refractivity (Wildman–Crippen MR) is 74.6 cm³/mol. The number of hydrogen-bond donors (Lipinski definition) is 3. The Kier molecular flexibility index (Phi) is 3.98. The third kappa shape index (κ3) is 3.37. The number of nitrogens with one attached hydrogen (secondary N) is 2. The molecule has 1 fully saturated rings. The highest BCUT2D eigenvalue weighted by molar-refractivity contribution is 5.12. The molecule has 4 N–H and O–H groups in total. The number of furan rings is 1. The number of hydrogen-bond acceptors (Lipinski definition) is 6. The van der Waals surface area contributed by atoms with E-state index in [0.717, 1.165) is 44.1 Å². The van der Waals surface area contributed by atoms with Crippen LogP contribution in [0.4, 0.5) is 5.95 Å². The summed E-state index contributed by atoms with van der Waals surface area (Å²) in [6.07, 6.45) is 3.99. The second-order valence-electron chi connectivity index (χ2n) is 5.15. The van der Waals surface area contributed by atoms with Gasteiger partial charge in [-0.05, 0) is 25.0 Å². The van der Waals surface area contributed by atoms with Gasteiger partial charge < -0.3 is 15.5 Å². The number of H-pyrrole nitrogens is 1. The largest absolute Gasteiger partial charge is 0.468 e. The fraction of sp³-hybridized carbons (Fsp3) is 0.538. The predicted octanol–water partition coefficient (Wildman–Crippen LogP) is 0.734. The molecule has 1 aliphatic rings. The van der Waals surface area contributed by atoms with Crippen molar-refractivity contribution < 1.29 is 4.42 Å². The van der Waals surface area contributed by atoms with Crippen molar-refractivity contribution in [2.45, 2.75) is 32.0 Å². The SMILES string of the molecule is Nc1n[nH]c(CNC2CCN(Cc3ccco3)CC2)n1. The molecule has 1 saturated heterocycles. The summed E-state index contributed by atoms with van der Waals surface area (Å²) in [5, 5.41) is 10.1. The van der Waals surface area contributed by atoms with Crippen LogP contribution in [0.15, 0.2) is 22.8 Å². The molecule has 3 rings (SSSR count). The van der Waals surface area contributed by atoms with Crippen LogP contribution in [0.5, 0.6) is 0 Å². The maximum Gasteiger partial charge on any atom is 0.239 e. The first-order valence-electron chi connectivity index (χ1n) is 6.94. The molecular weight excluding hydrogens is 256 g/mol. The van der Waals surface area contributed by atoms with Gasteiger partial charge >= 0.3 is 0 Å². The van der Waals surface area contributed by atoms with Crippen molar-refractivity contribution in [3.63, 3.8) is 0 Å². The highest BCUT2D eigenvalue weighted by Crippen LogP contribution is 2.14. The molecule has 0 bridgehead atoms. The minimum absolute atomic E-state index is 0.301. The maximum absolute atomic E-state index is 5.47. The summed E-state index contributed by atoms with van der Waals surface area (Å²) >= 11 is 0. The van der Waals surface area contributed by atoms with Crippen LogP contribution in [0.25, 0.3) is 0 Å². The summed E-state index contributed by atoms with van der Waals surface area (Å²) in [5.41, 5.74) is 5.47. The van der Waals surface area contributed by atoms with E-state index in [1.807, 2.05) is 12.1 Å². The Hall–Kier alpha value is -1.86. The summed E-state index contributed by atoms with van der Waals surface area (Å²) < 4.78 is 5.38. The topological polar surface area (TPSA) is 96.0 Å². The van der Waals surface area contributed by atoms with Crippen molar-refractivity contribution in [1.29, 1.82) is 0 Å². The summed E-state index contributed by atoms with van der Waals surface area (Å²) in [7, 11) is 0. The molecular formula is C13H20N6O. The number of aromatic amines is 1. The minimum atomic E-state index is 0.301. The monoisotopic (exact) mass is 276 g/mol. The quantitative estimate of drug-likeness (QED) is 0.745. The zero-order chi connectivity index (χ0) is 13.8. The second kappa shape index (κ2) is 6.06. The summed E-state index contributed by atoms with van der Waals surface area (Å²) in [6.45, 7) is 3.75. The van der Waals surface area contributed by atoms with E-state index in [2.05, 4.69) is 25.4 Å². The maximum atomic E-state index is 5.47. The van der Waals surface area contributed by atoms with Crippen LogP contribution in [0.2, 0.25) is 0 Å². The Bertz CT molecular complexity index is 515. The lowest BCUT2D eigenvalue weighted by Crippen LogP contribution is -2.41. The van der Waals surface area contributed by atoms with Gasteiger partial charge in [-0.15, -0.1) is 5.10 Å². The number of likely N-dealkylation sites (tertiary alicyclic amines) is 1. The third-order valence-electron chi connectivity index (χ3n) is 3.65. The lowest BCUT2D eigenvalue weighted by Gasteiger charge is -2.31. The average Bonchev–Trinajstić information content (AvgIpc) is 3.10. The Labute approximate surface area is 117 Å². The number of aromatic nitrogens is 3. The van der Waals surface area contributed by atoms with Crippen LogP contribution in [-0.4, -0.2) is 39.2 Å². The van der Waals surface area contributed by atoms with Crippen LogP contribution in [-0.2, 0) is 13.1 Å². The standard InChI is InChI=1S/C13H20N6O/c14-13-16-12(17-18-13)8-15-10-3-5-19(6-4-10)9-11-2-1-7-20-11/h1-2,7,10,15H,3-6,8-9H2,(H3,14,16,17,18). The van der Waals surface area contributed by atoms with Gasteiger partial charge in [0.25, 0.3) is 0 Å². The number of nitrogens with zero attached hydrogens (tertiary/aromatic N) is 3. The Morgan fingerprint density at radius 2 is 2.30 bits per heavy atom. The molecule has 0 saturated carbocycles. The molecule has 0 aromatic carbocycles. The van der Waals surface area contributed by atoms with Crippen molar-refractivity contribution in [3.05, 3.63) is 30.0 Å². The molecule has 2 aromatic heterocycles. The molecule has 7 nitrogen and oxygen atoms in total. The Morgan fingerprint density at radius 1 is 1.45 bits per heavy atom. The van der Waals surface area contributed by atoms with Crippen LogP contribution in [0.1, 0.15) is 24.4 Å². The number of rotatable bonds is 5. The second-order valence-corrected chi connectivity index (χ2v) is 5.15. The molecule has 0 aliphatic carbocycles. The first-order chi connectivity index (χ1) is 9.79. The molecule has 0 atom stereocenters. The molecule has 0 radical (unpaired) electrons. The van der Waals surface area contributed by atoms with E-state index < -0.39 is 0 Å². The number of piperidine rings is 1. The molecule has 0 spiro atoms. The first kappa shape index (κ1) is 13.1. The Balaban J connectivity index is 1.40. The van der Waals surface area contributed by atoms with Gasteiger partial charge in [-0.3, -0.25) is 10.00 Å². The van der Waals surface area contributed by atoms with E-state index in [1.54, 1.807) is 6.26 Å². The molecule has 0 unspecified atom stereocenters. The number of nitrogens with two attached hydrogens (primary N) is 1. The number of anilines is 1. The summed E-state index contributed by atoms with van der Waals surface area (Å²) in [6, 6.07) is 4.49. The number of nitrogen functional groups attached to an aromatic ring is 1. The minimum Gasteiger partial charge on any atom is -0.468 e. The zero-order valence-electron chi connectivity index (χ0n) is 11.4. The van der Waals surface area contributed by atoms with Crippen molar-refractivity contribution in [1.82, 2.24) is 25.4 Å². The Morgan fingerprint density at radius 3 is 2.95 bits per heavy atom. The smallest absolute Gasteiger partial charge is 0.239 e. The lowest BCUT2D eigenvalue weighted by atomic mass is 10.0. The molecule has 2 aromatic rings. The van der Waals surface area contributed by atoms with Gasteiger partial charge in [0.05, 0.1) is 19.4 Å². The van der Waals surface area contributed by atoms with E-state index in [1.165, 1.54) is 0 Å². The van der Waals surface area contributed by atoms with E-state index in [-0.39, 0.29) is 0 Å². The fourth-order valence-electron chi connectivity index (χ4n) is 2.55. The molecule has 7 heteroatoms. The van der Waals surface area contributed by atoms with Crippen molar-refractivity contribution >= 4 is 5.95 Å². The van der Waals surface area contributed by atoms with E-state index in [9.17, 15) is 0 Å². The van der Waals surface area contributed by atoms with Crippen molar-refractivity contribution in [2.75, 3.05) is 18.8 Å². The summed E-state index contributed by atoms with van der Waals surface area (Å²) in [5.74, 6) is 2.13. The van der Waals surface area contributed by atoms with Gasteiger partial charge in [-0.25, -0.2) is 0 Å². The highest BCUT2D eigenvalue weighted by Gasteiger charge is 2.19. The van der Waals surface area contributed by atoms with Crippen LogP contribution >= 0.6 is 0 Å². The van der Waals surface area contributed by atoms with Crippen molar-refractivity contribution in [3.8, 4) is 0 Å². The van der Waals surface area contributed by atoms with E-state index >= 15 is 0 Å². The first-order valence-corrected chi connectivity index (χ1v) is 6.94. The van der Waals surface area contributed by atoms with Gasteiger partial charge in [0, 0.05) is 19.1 Å². The van der Waals surface area contributed by atoms with Gasteiger partial charge in [-0.1, -0.05) is 0 Å². The van der Waals surface area contributed by atoms with Gasteiger partial charge in [0.2, 0.25) is 5.95 Å². The van der Waals surface area contributed by atoms with Crippen molar-refractivity contribution in [2.24, 2.45) is 0 Å². The summed E-state index contributed by atoms with van der Waals surface area (Å²) in [4.78, 5) is 6.51. The van der Waals surface area contributed by atoms with Crippen LogP contribution in [0, 0.1) is 0 Å². The highest BCUT2D eigenvalue weighted by atomic mass is 16.3.